The van der Waals surface area contributed by atoms with Gasteiger partial charge in [0.15, 0.2) is 11.5 Å². The van der Waals surface area contributed by atoms with Crippen LogP contribution >= 0.6 is 0 Å². The third-order valence-corrected chi connectivity index (χ3v) is 5.60. The van der Waals surface area contributed by atoms with Crippen molar-refractivity contribution in [3.63, 3.8) is 0 Å². The summed E-state index contributed by atoms with van der Waals surface area (Å²) in [5, 5.41) is 0. The van der Waals surface area contributed by atoms with E-state index < -0.39 is 0 Å². The Labute approximate surface area is 157 Å². The van der Waals surface area contributed by atoms with Gasteiger partial charge >= 0.3 is 0 Å². The molecule has 5 nitrogen and oxygen atoms in total. The number of carbonyl (C=O) groups is 1. The van der Waals surface area contributed by atoms with Crippen molar-refractivity contribution in [1.29, 1.82) is 0 Å². The Hall–Kier alpha value is -1.75. The molecule has 0 bridgehead atoms. The Bertz CT molecular complexity index is 609. The highest BCUT2D eigenvalue weighted by Crippen LogP contribution is 2.33. The summed E-state index contributed by atoms with van der Waals surface area (Å²) in [7, 11) is 4.14. The van der Waals surface area contributed by atoms with Crippen LogP contribution in [0.4, 0.5) is 0 Å². The van der Waals surface area contributed by atoms with Crippen LogP contribution in [-0.2, 0) is 11.2 Å². The molecule has 1 aromatic carbocycles. The molecule has 0 atom stereocenters. The monoisotopic (exact) mass is 360 g/mol. The molecule has 0 radical (unpaired) electrons. The maximum Gasteiger partial charge on any atom is 0.231 e. The second kappa shape index (κ2) is 8.76. The van der Waals surface area contributed by atoms with E-state index in [4.69, 9.17) is 9.47 Å². The predicted octanol–water partition coefficient (Wildman–Crippen LogP) is 3.32. The Kier molecular flexibility index (Phi) is 6.41. The molecule has 1 heterocycles. The highest BCUT2D eigenvalue weighted by molar-refractivity contribution is 5.77. The zero-order valence-corrected chi connectivity index (χ0v) is 16.4. The molecular weight excluding hydrogens is 328 g/mol. The van der Waals surface area contributed by atoms with Crippen molar-refractivity contribution < 1.29 is 14.3 Å². The predicted molar refractivity (Wildman–Crippen MR) is 103 cm³/mol. The molecule has 0 saturated heterocycles. The first-order chi connectivity index (χ1) is 12.5. The summed E-state index contributed by atoms with van der Waals surface area (Å²) in [5.74, 6) is 2.67. The maximum absolute atomic E-state index is 13.0. The van der Waals surface area contributed by atoms with Crippen molar-refractivity contribution in [3.05, 3.63) is 23.8 Å². The van der Waals surface area contributed by atoms with Crippen LogP contribution < -0.4 is 9.47 Å². The summed E-state index contributed by atoms with van der Waals surface area (Å²) >= 11 is 0. The minimum atomic E-state index is 0.282. The minimum Gasteiger partial charge on any atom is -0.454 e. The number of carbonyl (C=O) groups excluding carboxylic acids is 1. The molecule has 3 rings (SSSR count). The Morgan fingerprint density at radius 3 is 2.54 bits per heavy atom. The standard InChI is InChI=1S/C21H32N2O3/c1-16-4-8-18(9-5-16)23(13-12-22(2)3)21(24)11-7-17-6-10-19-20(14-17)26-15-25-19/h6,10,14,16,18H,4-5,7-9,11-13,15H2,1-3H3. The molecule has 0 spiro atoms. The van der Waals surface area contributed by atoms with Gasteiger partial charge in [-0.25, -0.2) is 0 Å². The first kappa shape index (κ1) is 19.0. The fourth-order valence-electron chi connectivity index (χ4n) is 3.86. The molecule has 1 amide bonds. The molecule has 144 valence electrons. The molecular formula is C21H32N2O3. The van der Waals surface area contributed by atoms with Gasteiger partial charge in [0.1, 0.15) is 0 Å². The number of aryl methyl sites for hydroxylation is 1. The van der Waals surface area contributed by atoms with Gasteiger partial charge in [0, 0.05) is 25.6 Å². The van der Waals surface area contributed by atoms with Crippen LogP contribution in [0.1, 0.15) is 44.6 Å². The van der Waals surface area contributed by atoms with Crippen molar-refractivity contribution in [2.45, 2.75) is 51.5 Å². The highest BCUT2D eigenvalue weighted by atomic mass is 16.7. The van der Waals surface area contributed by atoms with Gasteiger partial charge in [0.05, 0.1) is 0 Å². The zero-order valence-electron chi connectivity index (χ0n) is 16.4. The fraction of sp³-hybridized carbons (Fsp3) is 0.667. The molecule has 2 aliphatic rings. The van der Waals surface area contributed by atoms with Crippen LogP contribution in [0, 0.1) is 5.92 Å². The number of likely N-dealkylation sites (N-methyl/N-ethyl adjacent to an activating group) is 1. The number of rotatable bonds is 7. The van der Waals surface area contributed by atoms with Gasteiger partial charge in [-0.1, -0.05) is 13.0 Å². The van der Waals surface area contributed by atoms with E-state index in [1.54, 1.807) is 0 Å². The van der Waals surface area contributed by atoms with Gasteiger partial charge in [-0.3, -0.25) is 4.79 Å². The Morgan fingerprint density at radius 2 is 1.81 bits per heavy atom. The molecule has 1 aromatic rings. The number of fused-ring (bicyclic) bond motifs is 1. The fourth-order valence-corrected chi connectivity index (χ4v) is 3.86. The number of benzene rings is 1. The molecule has 1 aliphatic carbocycles. The lowest BCUT2D eigenvalue weighted by molar-refractivity contribution is -0.134. The average Bonchev–Trinajstić information content (AvgIpc) is 3.09. The van der Waals surface area contributed by atoms with Crippen LogP contribution in [0.5, 0.6) is 11.5 Å². The van der Waals surface area contributed by atoms with Crippen LogP contribution in [-0.4, -0.2) is 55.7 Å². The molecule has 26 heavy (non-hydrogen) atoms. The smallest absolute Gasteiger partial charge is 0.231 e. The third-order valence-electron chi connectivity index (χ3n) is 5.60. The molecule has 1 fully saturated rings. The van der Waals surface area contributed by atoms with Gasteiger partial charge < -0.3 is 19.3 Å². The molecule has 0 unspecified atom stereocenters. The first-order valence-electron chi connectivity index (χ1n) is 9.85. The van der Waals surface area contributed by atoms with E-state index in [0.29, 0.717) is 12.5 Å². The van der Waals surface area contributed by atoms with Crippen molar-refractivity contribution in [2.24, 2.45) is 5.92 Å². The second-order valence-electron chi connectivity index (χ2n) is 7.99. The quantitative estimate of drug-likeness (QED) is 0.748. The summed E-state index contributed by atoms with van der Waals surface area (Å²) in [4.78, 5) is 17.3. The average molecular weight is 360 g/mol. The summed E-state index contributed by atoms with van der Waals surface area (Å²) in [6, 6.07) is 6.39. The molecule has 5 heteroatoms. The van der Waals surface area contributed by atoms with Crippen LogP contribution in [0.25, 0.3) is 0 Å². The molecule has 0 aromatic heterocycles. The van der Waals surface area contributed by atoms with Gasteiger partial charge in [-0.05, 0) is 69.8 Å². The van der Waals surface area contributed by atoms with Crippen LogP contribution in [0.15, 0.2) is 18.2 Å². The highest BCUT2D eigenvalue weighted by Gasteiger charge is 2.27. The van der Waals surface area contributed by atoms with E-state index in [0.717, 1.165) is 55.3 Å². The van der Waals surface area contributed by atoms with Gasteiger partial charge in [0.2, 0.25) is 12.7 Å². The number of hydrogen-bond donors (Lipinski definition) is 0. The lowest BCUT2D eigenvalue weighted by Crippen LogP contribution is -2.45. The Morgan fingerprint density at radius 1 is 1.08 bits per heavy atom. The van der Waals surface area contributed by atoms with E-state index in [9.17, 15) is 4.79 Å². The lowest BCUT2D eigenvalue weighted by atomic mass is 9.86. The minimum absolute atomic E-state index is 0.282. The van der Waals surface area contributed by atoms with Crippen molar-refractivity contribution in [2.75, 3.05) is 34.0 Å². The SMILES string of the molecule is CC1CCC(N(CCN(C)C)C(=O)CCc2ccc3c(c2)OCO3)CC1. The first-order valence-corrected chi connectivity index (χ1v) is 9.85. The van der Waals surface area contributed by atoms with Gasteiger partial charge in [-0.15, -0.1) is 0 Å². The topological polar surface area (TPSA) is 42.0 Å². The van der Waals surface area contributed by atoms with Crippen LogP contribution in [0.2, 0.25) is 0 Å². The lowest BCUT2D eigenvalue weighted by Gasteiger charge is -2.37. The number of ether oxygens (including phenoxy) is 2. The summed E-state index contributed by atoms with van der Waals surface area (Å²) < 4.78 is 10.8. The number of hydrogen-bond acceptors (Lipinski definition) is 4. The Balaban J connectivity index is 1.59. The van der Waals surface area contributed by atoms with Crippen molar-refractivity contribution in [1.82, 2.24) is 9.80 Å². The van der Waals surface area contributed by atoms with E-state index in [1.165, 1.54) is 12.8 Å². The van der Waals surface area contributed by atoms with Gasteiger partial charge in [0.25, 0.3) is 0 Å². The molecule has 1 aliphatic heterocycles. The molecule has 1 saturated carbocycles. The van der Waals surface area contributed by atoms with E-state index in [1.807, 2.05) is 18.2 Å². The van der Waals surface area contributed by atoms with Crippen molar-refractivity contribution >= 4 is 5.91 Å². The second-order valence-corrected chi connectivity index (χ2v) is 7.99. The summed E-state index contributed by atoms with van der Waals surface area (Å²) in [5.41, 5.74) is 1.13. The van der Waals surface area contributed by atoms with Crippen molar-refractivity contribution in [3.8, 4) is 11.5 Å². The maximum atomic E-state index is 13.0. The summed E-state index contributed by atoms with van der Waals surface area (Å²) in [6.07, 6.45) is 6.06. The van der Waals surface area contributed by atoms with Crippen LogP contribution in [0.3, 0.4) is 0 Å². The van der Waals surface area contributed by atoms with E-state index >= 15 is 0 Å². The number of amides is 1. The van der Waals surface area contributed by atoms with Gasteiger partial charge in [-0.2, -0.15) is 0 Å². The third kappa shape index (κ3) is 4.91. The largest absolute Gasteiger partial charge is 0.454 e. The zero-order chi connectivity index (χ0) is 18.5. The number of nitrogens with zero attached hydrogens (tertiary/aromatic N) is 2. The molecule has 0 N–H and O–H groups in total. The normalized spacial score (nSPS) is 21.8. The summed E-state index contributed by atoms with van der Waals surface area (Å²) in [6.45, 7) is 4.35. The van der Waals surface area contributed by atoms with E-state index in [2.05, 4.69) is 30.8 Å². The van der Waals surface area contributed by atoms with E-state index in [-0.39, 0.29) is 12.7 Å².